The monoisotopic (exact) mass is 482 g/mol. The molecule has 4 saturated carbocycles. The quantitative estimate of drug-likeness (QED) is 0.372. The maximum absolute atomic E-state index is 14.3. The minimum Gasteiger partial charge on any atom is -0.469 e. The highest BCUT2D eigenvalue weighted by Gasteiger charge is 2.70. The maximum Gasteiger partial charge on any atom is 0.312 e. The number of allylic oxidation sites excluding steroid dienone is 2. The maximum atomic E-state index is 14.3. The Balaban J connectivity index is 1.64. The average molecular weight is 483 g/mol. The second-order valence-corrected chi connectivity index (χ2v) is 14.3. The molecule has 4 nitrogen and oxygen atoms in total. The van der Waals surface area contributed by atoms with Crippen LogP contribution in [0.2, 0.25) is 0 Å². The molecule has 0 aliphatic heterocycles. The van der Waals surface area contributed by atoms with Crippen LogP contribution in [0.4, 0.5) is 0 Å². The molecular weight excluding hydrogens is 436 g/mol. The van der Waals surface area contributed by atoms with Gasteiger partial charge in [0.25, 0.3) is 0 Å². The van der Waals surface area contributed by atoms with Gasteiger partial charge in [0, 0.05) is 18.4 Å². The summed E-state index contributed by atoms with van der Waals surface area (Å²) >= 11 is 0. The van der Waals surface area contributed by atoms with Gasteiger partial charge in [0.15, 0.2) is 5.78 Å². The van der Waals surface area contributed by atoms with Crippen LogP contribution in [-0.4, -0.2) is 30.6 Å². The Hall–Kier alpha value is -1.42. The summed E-state index contributed by atoms with van der Waals surface area (Å²) in [6.45, 7) is 16.2. The standard InChI is InChI=1S/C31H46O4/c1-19-8-10-28(4)21(20(19)18-32)9-11-29(5)24(28)16-23(33)25-22-17-27(2,3)12-14-31(22,26(34)35-7)15-13-30(25,29)6/h16,20-22,25,32H,1,8-15,17-18H2,2-7H3/t20?,21-,22-,25-,28-,29+,30+,31-/m0/s1. The summed E-state index contributed by atoms with van der Waals surface area (Å²) < 4.78 is 5.42. The zero-order valence-electron chi connectivity index (χ0n) is 22.8. The van der Waals surface area contributed by atoms with Gasteiger partial charge in [-0.3, -0.25) is 9.59 Å². The fourth-order valence-electron chi connectivity index (χ4n) is 10.1. The molecule has 35 heavy (non-hydrogen) atoms. The molecule has 5 rings (SSSR count). The number of fused-ring (bicyclic) bond motifs is 7. The molecule has 4 fully saturated rings. The molecule has 1 N–H and O–H groups in total. The highest BCUT2D eigenvalue weighted by atomic mass is 16.5. The van der Waals surface area contributed by atoms with Gasteiger partial charge in [-0.1, -0.05) is 52.3 Å². The van der Waals surface area contributed by atoms with Crippen LogP contribution in [0.5, 0.6) is 0 Å². The third kappa shape index (κ3) is 3.14. The van der Waals surface area contributed by atoms with Gasteiger partial charge in [0.2, 0.25) is 0 Å². The number of aliphatic hydroxyl groups is 1. The van der Waals surface area contributed by atoms with E-state index < -0.39 is 5.41 Å². The molecule has 0 aromatic rings. The molecule has 5 aliphatic carbocycles. The molecule has 0 bridgehead atoms. The Labute approximate surface area is 212 Å². The number of ether oxygens (including phenoxy) is 1. The van der Waals surface area contributed by atoms with Crippen molar-refractivity contribution in [1.82, 2.24) is 0 Å². The summed E-state index contributed by atoms with van der Waals surface area (Å²) in [5.74, 6) is 0.490. The summed E-state index contributed by atoms with van der Waals surface area (Å²) in [5.41, 5.74) is 1.74. The van der Waals surface area contributed by atoms with Crippen molar-refractivity contribution in [2.45, 2.75) is 92.4 Å². The van der Waals surface area contributed by atoms with Gasteiger partial charge >= 0.3 is 5.97 Å². The molecule has 0 amide bonds. The number of carbonyl (C=O) groups excluding carboxylic acids is 2. The SMILES string of the molecule is C=C1CC[C@]2(C)C3=CC(=O)[C@@H]4[C@@H]5CC(C)(C)CC[C@]5(C(=O)OC)CC[C@@]4(C)[C@]3(C)CC[C@H]2C1CO. The lowest BCUT2D eigenvalue weighted by atomic mass is 9.34. The molecule has 194 valence electrons. The predicted molar refractivity (Wildman–Crippen MR) is 137 cm³/mol. The van der Waals surface area contributed by atoms with Crippen molar-refractivity contribution >= 4 is 11.8 Å². The van der Waals surface area contributed by atoms with Crippen molar-refractivity contribution in [3.63, 3.8) is 0 Å². The smallest absolute Gasteiger partial charge is 0.312 e. The normalized spacial score (nSPS) is 48.6. The van der Waals surface area contributed by atoms with Crippen LogP contribution >= 0.6 is 0 Å². The lowest BCUT2D eigenvalue weighted by Gasteiger charge is -2.69. The van der Waals surface area contributed by atoms with Crippen LogP contribution in [0.15, 0.2) is 23.8 Å². The zero-order chi connectivity index (χ0) is 25.6. The number of hydrogen-bond donors (Lipinski definition) is 1. The predicted octanol–water partition coefficient (Wildman–Crippen LogP) is 6.28. The van der Waals surface area contributed by atoms with Gasteiger partial charge in [0.05, 0.1) is 12.5 Å². The highest BCUT2D eigenvalue weighted by molar-refractivity contribution is 5.96. The molecule has 0 aromatic carbocycles. The highest BCUT2D eigenvalue weighted by Crippen LogP contribution is 2.74. The molecule has 0 spiro atoms. The third-order valence-corrected chi connectivity index (χ3v) is 12.5. The minimum atomic E-state index is -0.530. The number of esters is 1. The van der Waals surface area contributed by atoms with E-state index in [4.69, 9.17) is 4.74 Å². The number of methoxy groups -OCH3 is 1. The van der Waals surface area contributed by atoms with E-state index in [-0.39, 0.29) is 57.8 Å². The number of aliphatic hydroxyl groups excluding tert-OH is 1. The van der Waals surface area contributed by atoms with Gasteiger partial charge in [-0.25, -0.2) is 0 Å². The second-order valence-electron chi connectivity index (χ2n) is 14.3. The minimum absolute atomic E-state index is 0.0291. The summed E-state index contributed by atoms with van der Waals surface area (Å²) in [5, 5.41) is 10.3. The van der Waals surface area contributed by atoms with Crippen molar-refractivity contribution in [3.05, 3.63) is 23.8 Å². The Morgan fingerprint density at radius 2 is 1.74 bits per heavy atom. The van der Waals surface area contributed by atoms with E-state index in [1.165, 1.54) is 18.3 Å². The summed E-state index contributed by atoms with van der Waals surface area (Å²) in [4.78, 5) is 27.6. The van der Waals surface area contributed by atoms with Crippen LogP contribution in [0.25, 0.3) is 0 Å². The van der Waals surface area contributed by atoms with Crippen molar-refractivity contribution in [3.8, 4) is 0 Å². The van der Waals surface area contributed by atoms with E-state index in [1.807, 2.05) is 6.08 Å². The first kappa shape index (κ1) is 25.2. The number of hydrogen-bond acceptors (Lipinski definition) is 4. The average Bonchev–Trinajstić information content (AvgIpc) is 2.80. The Kier molecular flexibility index (Phi) is 5.62. The summed E-state index contributed by atoms with van der Waals surface area (Å²) in [6, 6.07) is 0. The van der Waals surface area contributed by atoms with Gasteiger partial charge in [-0.2, -0.15) is 0 Å². The lowest BCUT2D eigenvalue weighted by molar-refractivity contribution is -0.191. The molecular formula is C31H46O4. The number of carbonyl (C=O) groups is 2. The molecule has 1 unspecified atom stereocenters. The third-order valence-electron chi connectivity index (χ3n) is 12.5. The molecule has 0 heterocycles. The van der Waals surface area contributed by atoms with E-state index in [1.54, 1.807) is 0 Å². The largest absolute Gasteiger partial charge is 0.469 e. The van der Waals surface area contributed by atoms with E-state index in [0.29, 0.717) is 5.92 Å². The first-order chi connectivity index (χ1) is 16.3. The van der Waals surface area contributed by atoms with E-state index >= 15 is 0 Å². The zero-order valence-corrected chi connectivity index (χ0v) is 22.8. The van der Waals surface area contributed by atoms with Crippen molar-refractivity contribution < 1.29 is 19.4 Å². The topological polar surface area (TPSA) is 63.6 Å². The van der Waals surface area contributed by atoms with Crippen LogP contribution in [0, 0.1) is 50.7 Å². The number of rotatable bonds is 2. The fraction of sp³-hybridized carbons (Fsp3) is 0.806. The molecule has 5 aliphatic rings. The summed E-state index contributed by atoms with van der Waals surface area (Å²) in [6.07, 6.45) is 10.5. The van der Waals surface area contributed by atoms with Crippen LogP contribution in [0.1, 0.15) is 92.4 Å². The van der Waals surface area contributed by atoms with Crippen molar-refractivity contribution in [1.29, 1.82) is 0 Å². The molecule has 4 heteroatoms. The first-order valence-electron chi connectivity index (χ1n) is 13.9. The Bertz CT molecular complexity index is 992. The fourth-order valence-corrected chi connectivity index (χ4v) is 10.1. The first-order valence-corrected chi connectivity index (χ1v) is 13.9. The Morgan fingerprint density at radius 3 is 2.40 bits per heavy atom. The molecule has 8 atom stereocenters. The molecule has 0 saturated heterocycles. The van der Waals surface area contributed by atoms with Crippen LogP contribution in [0.3, 0.4) is 0 Å². The second kappa shape index (κ2) is 7.79. The van der Waals surface area contributed by atoms with E-state index in [0.717, 1.165) is 57.8 Å². The van der Waals surface area contributed by atoms with Gasteiger partial charge < -0.3 is 9.84 Å². The van der Waals surface area contributed by atoms with Gasteiger partial charge in [-0.15, -0.1) is 0 Å². The van der Waals surface area contributed by atoms with Crippen LogP contribution in [-0.2, 0) is 14.3 Å². The lowest BCUT2D eigenvalue weighted by Crippen LogP contribution is -2.65. The van der Waals surface area contributed by atoms with Crippen LogP contribution < -0.4 is 0 Å². The van der Waals surface area contributed by atoms with E-state index in [2.05, 4.69) is 41.2 Å². The van der Waals surface area contributed by atoms with E-state index in [9.17, 15) is 14.7 Å². The molecule has 0 radical (unpaired) electrons. The molecule has 0 aromatic heterocycles. The Morgan fingerprint density at radius 1 is 1.06 bits per heavy atom. The van der Waals surface area contributed by atoms with Crippen molar-refractivity contribution in [2.24, 2.45) is 50.7 Å². The number of ketones is 1. The van der Waals surface area contributed by atoms with Gasteiger partial charge in [0.1, 0.15) is 0 Å². The van der Waals surface area contributed by atoms with Gasteiger partial charge in [-0.05, 0) is 97.4 Å². The van der Waals surface area contributed by atoms with Crippen molar-refractivity contribution in [2.75, 3.05) is 13.7 Å². The summed E-state index contributed by atoms with van der Waals surface area (Å²) in [7, 11) is 1.51.